The van der Waals surface area contributed by atoms with Gasteiger partial charge in [-0.2, -0.15) is 0 Å². The number of hydrogen-bond donors (Lipinski definition) is 1. The third-order valence-electron chi connectivity index (χ3n) is 3.08. The van der Waals surface area contributed by atoms with Crippen LogP contribution in [0.5, 0.6) is 5.75 Å². The Morgan fingerprint density at radius 3 is 2.94 bits per heavy atom. The molecule has 0 amide bonds. The highest BCUT2D eigenvalue weighted by Gasteiger charge is 2.09. The van der Waals surface area contributed by atoms with Crippen molar-refractivity contribution in [2.75, 3.05) is 7.11 Å². The zero-order valence-corrected chi connectivity index (χ0v) is 10.8. The molecule has 3 heteroatoms. The van der Waals surface area contributed by atoms with Crippen LogP contribution in [-0.2, 0) is 6.54 Å². The summed E-state index contributed by atoms with van der Waals surface area (Å²) in [5.74, 6) is 0.732. The van der Waals surface area contributed by atoms with E-state index in [4.69, 9.17) is 16.3 Å². The molecule has 0 radical (unpaired) electrons. The smallest absolute Gasteiger partial charge is 0.137 e. The van der Waals surface area contributed by atoms with Crippen molar-refractivity contribution in [1.82, 2.24) is 5.32 Å². The summed E-state index contributed by atoms with van der Waals surface area (Å²) in [6.45, 7) is 0.863. The molecule has 0 aromatic heterocycles. The average Bonchev–Trinajstić information content (AvgIpc) is 2.38. The standard InChI is InChI=1S/C14H18ClNO/c1-17-14-8-7-11(9-13(14)15)10-16-12-5-3-2-4-6-12/h2-3,7-9,12,16H,4-6,10H2,1H3. The molecular weight excluding hydrogens is 234 g/mol. The van der Waals surface area contributed by atoms with Gasteiger partial charge in [-0.25, -0.2) is 0 Å². The molecule has 2 rings (SSSR count). The molecule has 0 saturated carbocycles. The third-order valence-corrected chi connectivity index (χ3v) is 3.38. The topological polar surface area (TPSA) is 21.3 Å². The van der Waals surface area contributed by atoms with Crippen LogP contribution in [0.3, 0.4) is 0 Å². The van der Waals surface area contributed by atoms with Gasteiger partial charge in [-0.3, -0.25) is 0 Å². The fourth-order valence-corrected chi connectivity index (χ4v) is 2.34. The summed E-state index contributed by atoms with van der Waals surface area (Å²) >= 11 is 6.09. The fraction of sp³-hybridized carbons (Fsp3) is 0.429. The lowest BCUT2D eigenvalue weighted by Crippen LogP contribution is -2.29. The molecule has 0 spiro atoms. The van der Waals surface area contributed by atoms with Crippen LogP contribution in [0, 0.1) is 0 Å². The normalized spacial score (nSPS) is 19.3. The average molecular weight is 252 g/mol. The van der Waals surface area contributed by atoms with E-state index in [-0.39, 0.29) is 0 Å². The van der Waals surface area contributed by atoms with Crippen molar-refractivity contribution in [2.45, 2.75) is 31.8 Å². The molecule has 0 heterocycles. The molecule has 0 saturated heterocycles. The van der Waals surface area contributed by atoms with Gasteiger partial charge < -0.3 is 10.1 Å². The van der Waals surface area contributed by atoms with E-state index < -0.39 is 0 Å². The minimum atomic E-state index is 0.598. The predicted octanol–water partition coefficient (Wildman–Crippen LogP) is 3.55. The van der Waals surface area contributed by atoms with Gasteiger partial charge in [0, 0.05) is 12.6 Å². The van der Waals surface area contributed by atoms with Crippen molar-refractivity contribution in [3.8, 4) is 5.75 Å². The Balaban J connectivity index is 1.90. The predicted molar refractivity (Wildman–Crippen MR) is 71.6 cm³/mol. The lowest BCUT2D eigenvalue weighted by atomic mass is 10.0. The van der Waals surface area contributed by atoms with Crippen LogP contribution in [0.1, 0.15) is 24.8 Å². The first-order valence-corrected chi connectivity index (χ1v) is 6.38. The molecule has 0 fully saturated rings. The monoisotopic (exact) mass is 251 g/mol. The minimum Gasteiger partial charge on any atom is -0.495 e. The molecule has 17 heavy (non-hydrogen) atoms. The molecule has 1 aromatic carbocycles. The SMILES string of the molecule is COc1ccc(CNC2CC=CCC2)cc1Cl. The van der Waals surface area contributed by atoms with E-state index >= 15 is 0 Å². The van der Waals surface area contributed by atoms with Crippen molar-refractivity contribution in [3.63, 3.8) is 0 Å². The van der Waals surface area contributed by atoms with Crippen molar-refractivity contribution >= 4 is 11.6 Å². The zero-order chi connectivity index (χ0) is 12.1. The number of rotatable bonds is 4. The van der Waals surface area contributed by atoms with Crippen molar-refractivity contribution in [2.24, 2.45) is 0 Å². The third kappa shape index (κ3) is 3.48. The number of halogens is 1. The van der Waals surface area contributed by atoms with Crippen molar-refractivity contribution in [1.29, 1.82) is 0 Å². The molecule has 2 nitrogen and oxygen atoms in total. The largest absolute Gasteiger partial charge is 0.495 e. The quantitative estimate of drug-likeness (QED) is 0.827. The Morgan fingerprint density at radius 1 is 1.41 bits per heavy atom. The number of nitrogens with one attached hydrogen (secondary N) is 1. The van der Waals surface area contributed by atoms with Crippen LogP contribution in [-0.4, -0.2) is 13.2 Å². The van der Waals surface area contributed by atoms with Gasteiger partial charge in [-0.05, 0) is 37.0 Å². The van der Waals surface area contributed by atoms with Crippen LogP contribution < -0.4 is 10.1 Å². The summed E-state index contributed by atoms with van der Waals surface area (Å²) < 4.78 is 5.13. The van der Waals surface area contributed by atoms with E-state index in [0.717, 1.165) is 18.7 Å². The van der Waals surface area contributed by atoms with E-state index in [1.807, 2.05) is 12.1 Å². The highest BCUT2D eigenvalue weighted by Crippen LogP contribution is 2.25. The summed E-state index contributed by atoms with van der Waals surface area (Å²) in [5, 5.41) is 4.23. The van der Waals surface area contributed by atoms with Crippen molar-refractivity contribution < 1.29 is 4.74 Å². The van der Waals surface area contributed by atoms with Crippen LogP contribution in [0.4, 0.5) is 0 Å². The lowest BCUT2D eigenvalue weighted by Gasteiger charge is -2.19. The second-order valence-corrected chi connectivity index (χ2v) is 4.74. The number of hydrogen-bond acceptors (Lipinski definition) is 2. The van der Waals surface area contributed by atoms with Gasteiger partial charge in [-0.15, -0.1) is 0 Å². The molecule has 1 aliphatic rings. The molecule has 1 N–H and O–H groups in total. The van der Waals surface area contributed by atoms with Gasteiger partial charge in [0.25, 0.3) is 0 Å². The van der Waals surface area contributed by atoms with Gasteiger partial charge in [0.1, 0.15) is 5.75 Å². The second-order valence-electron chi connectivity index (χ2n) is 4.33. The van der Waals surface area contributed by atoms with Gasteiger partial charge in [-0.1, -0.05) is 29.8 Å². The summed E-state index contributed by atoms with van der Waals surface area (Å²) in [4.78, 5) is 0. The molecule has 92 valence electrons. The second kappa shape index (κ2) is 6.08. The Hall–Kier alpha value is -0.990. The summed E-state index contributed by atoms with van der Waals surface area (Å²) in [6.07, 6.45) is 8.04. The first-order valence-electron chi connectivity index (χ1n) is 6.00. The molecule has 1 aromatic rings. The van der Waals surface area contributed by atoms with E-state index in [9.17, 15) is 0 Å². The maximum Gasteiger partial charge on any atom is 0.137 e. The highest BCUT2D eigenvalue weighted by atomic mass is 35.5. The molecule has 0 aliphatic heterocycles. The van der Waals surface area contributed by atoms with Gasteiger partial charge in [0.05, 0.1) is 12.1 Å². The van der Waals surface area contributed by atoms with Crippen LogP contribution in [0.25, 0.3) is 0 Å². The van der Waals surface area contributed by atoms with Gasteiger partial charge in [0.2, 0.25) is 0 Å². The number of methoxy groups -OCH3 is 1. The van der Waals surface area contributed by atoms with Gasteiger partial charge in [0.15, 0.2) is 0 Å². The van der Waals surface area contributed by atoms with E-state index in [1.54, 1.807) is 7.11 Å². The Morgan fingerprint density at radius 2 is 2.29 bits per heavy atom. The molecule has 1 aliphatic carbocycles. The maximum absolute atomic E-state index is 6.09. The van der Waals surface area contributed by atoms with Gasteiger partial charge >= 0.3 is 0 Å². The Labute approximate surface area is 108 Å². The summed E-state index contributed by atoms with van der Waals surface area (Å²) in [6, 6.07) is 6.53. The van der Waals surface area contributed by atoms with E-state index in [1.165, 1.54) is 18.4 Å². The zero-order valence-electron chi connectivity index (χ0n) is 10.1. The molecule has 0 bridgehead atoms. The number of allylic oxidation sites excluding steroid dienone is 1. The highest BCUT2D eigenvalue weighted by molar-refractivity contribution is 6.32. The van der Waals surface area contributed by atoms with Crippen LogP contribution in [0.15, 0.2) is 30.4 Å². The number of benzene rings is 1. The molecular formula is C14H18ClNO. The summed E-state index contributed by atoms with van der Waals surface area (Å²) in [7, 11) is 1.63. The summed E-state index contributed by atoms with van der Waals surface area (Å²) in [5.41, 5.74) is 1.20. The molecule has 1 unspecified atom stereocenters. The Bertz CT molecular complexity index is 403. The van der Waals surface area contributed by atoms with Crippen LogP contribution in [0.2, 0.25) is 5.02 Å². The minimum absolute atomic E-state index is 0.598. The van der Waals surface area contributed by atoms with E-state index in [2.05, 4.69) is 23.5 Å². The Kier molecular flexibility index (Phi) is 4.46. The first kappa shape index (κ1) is 12.5. The number of ether oxygens (including phenoxy) is 1. The first-order chi connectivity index (χ1) is 8.29. The van der Waals surface area contributed by atoms with Crippen LogP contribution >= 0.6 is 11.6 Å². The fourth-order valence-electron chi connectivity index (χ4n) is 2.06. The maximum atomic E-state index is 6.09. The lowest BCUT2D eigenvalue weighted by molar-refractivity contribution is 0.414. The van der Waals surface area contributed by atoms with Crippen molar-refractivity contribution in [3.05, 3.63) is 40.9 Å². The molecule has 1 atom stereocenters. The van der Waals surface area contributed by atoms with E-state index in [0.29, 0.717) is 11.1 Å².